The standard InChI is InChI=1S/C10H8ClF3N2O3/c11-6-3-7(15-4-5(6)10(12,13)14)16-8(17)1-2-9(18)19/h3-4H,1-2H2,(H,18,19)(H,15,16,17). The largest absolute Gasteiger partial charge is 0.481 e. The molecule has 1 amide bonds. The number of pyridine rings is 1. The summed E-state index contributed by atoms with van der Waals surface area (Å²) in [5, 5.41) is 9.91. The van der Waals surface area contributed by atoms with Crippen LogP contribution in [0.1, 0.15) is 18.4 Å². The fourth-order valence-corrected chi connectivity index (χ4v) is 1.39. The predicted octanol–water partition coefficient (Wildman–Crippen LogP) is 2.56. The van der Waals surface area contributed by atoms with Gasteiger partial charge in [-0.15, -0.1) is 0 Å². The summed E-state index contributed by atoms with van der Waals surface area (Å²) < 4.78 is 37.1. The molecule has 0 saturated heterocycles. The van der Waals surface area contributed by atoms with E-state index in [9.17, 15) is 22.8 Å². The number of alkyl halides is 3. The third-order valence-electron chi connectivity index (χ3n) is 1.99. The Kier molecular flexibility index (Phi) is 4.71. The Bertz CT molecular complexity index is 505. The highest BCUT2D eigenvalue weighted by molar-refractivity contribution is 6.31. The lowest BCUT2D eigenvalue weighted by Crippen LogP contribution is -2.15. The van der Waals surface area contributed by atoms with Crippen LogP contribution in [0.3, 0.4) is 0 Å². The van der Waals surface area contributed by atoms with E-state index < -0.39 is 28.6 Å². The van der Waals surface area contributed by atoms with E-state index in [-0.39, 0.29) is 18.7 Å². The van der Waals surface area contributed by atoms with Gasteiger partial charge in [0.2, 0.25) is 5.91 Å². The Hall–Kier alpha value is -1.83. The summed E-state index contributed by atoms with van der Waals surface area (Å²) in [6.45, 7) is 0. The van der Waals surface area contributed by atoms with E-state index >= 15 is 0 Å². The van der Waals surface area contributed by atoms with E-state index in [1.807, 2.05) is 0 Å². The average Bonchev–Trinajstić information content (AvgIpc) is 2.24. The number of carboxylic acid groups (broad SMARTS) is 1. The van der Waals surface area contributed by atoms with Gasteiger partial charge in [0.15, 0.2) is 0 Å². The molecule has 0 atom stereocenters. The first kappa shape index (κ1) is 15.2. The smallest absolute Gasteiger partial charge is 0.419 e. The molecule has 1 aromatic rings. The zero-order valence-corrected chi connectivity index (χ0v) is 10.0. The summed E-state index contributed by atoms with van der Waals surface area (Å²) >= 11 is 5.42. The number of amides is 1. The van der Waals surface area contributed by atoms with Crippen LogP contribution in [-0.2, 0) is 15.8 Å². The van der Waals surface area contributed by atoms with E-state index in [2.05, 4.69) is 10.3 Å². The molecule has 104 valence electrons. The molecule has 1 aromatic heterocycles. The number of rotatable bonds is 4. The molecule has 19 heavy (non-hydrogen) atoms. The van der Waals surface area contributed by atoms with Crippen LogP contribution >= 0.6 is 11.6 Å². The van der Waals surface area contributed by atoms with Crippen LogP contribution in [0.25, 0.3) is 0 Å². The lowest BCUT2D eigenvalue weighted by atomic mass is 10.2. The predicted molar refractivity (Wildman–Crippen MR) is 59.7 cm³/mol. The van der Waals surface area contributed by atoms with E-state index in [4.69, 9.17) is 16.7 Å². The molecule has 0 spiro atoms. The van der Waals surface area contributed by atoms with E-state index in [1.54, 1.807) is 0 Å². The zero-order valence-electron chi connectivity index (χ0n) is 9.29. The Balaban J connectivity index is 2.74. The van der Waals surface area contributed by atoms with Gasteiger partial charge in [0, 0.05) is 18.7 Å². The molecular weight excluding hydrogens is 289 g/mol. The van der Waals surface area contributed by atoms with Crippen LogP contribution in [0.2, 0.25) is 5.02 Å². The average molecular weight is 297 g/mol. The second-order valence-corrected chi connectivity index (χ2v) is 3.90. The van der Waals surface area contributed by atoms with Crippen molar-refractivity contribution in [2.75, 3.05) is 5.32 Å². The lowest BCUT2D eigenvalue weighted by molar-refractivity contribution is -0.138. The van der Waals surface area contributed by atoms with Gasteiger partial charge in [-0.1, -0.05) is 11.6 Å². The van der Waals surface area contributed by atoms with Crippen molar-refractivity contribution >= 4 is 29.3 Å². The molecule has 0 radical (unpaired) electrons. The van der Waals surface area contributed by atoms with Crippen LogP contribution in [0.5, 0.6) is 0 Å². The van der Waals surface area contributed by atoms with Crippen molar-refractivity contribution in [1.82, 2.24) is 4.98 Å². The summed E-state index contributed by atoms with van der Waals surface area (Å²) in [7, 11) is 0. The first-order valence-corrected chi connectivity index (χ1v) is 5.32. The molecule has 0 unspecified atom stereocenters. The Morgan fingerprint density at radius 2 is 2.00 bits per heavy atom. The molecule has 0 aliphatic carbocycles. The van der Waals surface area contributed by atoms with E-state index in [1.165, 1.54) is 0 Å². The number of aromatic nitrogens is 1. The highest BCUT2D eigenvalue weighted by atomic mass is 35.5. The van der Waals surface area contributed by atoms with Gasteiger partial charge in [-0.05, 0) is 0 Å². The van der Waals surface area contributed by atoms with Gasteiger partial charge in [-0.2, -0.15) is 13.2 Å². The lowest BCUT2D eigenvalue weighted by Gasteiger charge is -2.10. The van der Waals surface area contributed by atoms with E-state index in [0.29, 0.717) is 6.20 Å². The third kappa shape index (κ3) is 4.74. The number of nitrogens with zero attached hydrogens (tertiary/aromatic N) is 1. The number of carbonyl (C=O) groups excluding carboxylic acids is 1. The maximum Gasteiger partial charge on any atom is 0.419 e. The van der Waals surface area contributed by atoms with Crippen molar-refractivity contribution in [3.8, 4) is 0 Å². The molecule has 0 aromatic carbocycles. The summed E-state index contributed by atoms with van der Waals surface area (Å²) in [5.74, 6) is -2.01. The molecule has 0 fully saturated rings. The van der Waals surface area contributed by atoms with Crippen molar-refractivity contribution in [3.63, 3.8) is 0 Å². The first-order valence-electron chi connectivity index (χ1n) is 4.94. The molecule has 0 saturated carbocycles. The first-order chi connectivity index (χ1) is 8.70. The van der Waals surface area contributed by atoms with Crippen LogP contribution < -0.4 is 5.32 Å². The Morgan fingerprint density at radius 3 is 2.47 bits per heavy atom. The van der Waals surface area contributed by atoms with Gasteiger partial charge in [0.05, 0.1) is 17.0 Å². The molecule has 1 heterocycles. The molecule has 1 rings (SSSR count). The highest BCUT2D eigenvalue weighted by Gasteiger charge is 2.33. The van der Waals surface area contributed by atoms with Crippen LogP contribution in [0.15, 0.2) is 12.3 Å². The van der Waals surface area contributed by atoms with Gasteiger partial charge in [-0.25, -0.2) is 4.98 Å². The fraction of sp³-hybridized carbons (Fsp3) is 0.300. The number of carboxylic acids is 1. The molecule has 0 bridgehead atoms. The second kappa shape index (κ2) is 5.87. The summed E-state index contributed by atoms with van der Waals surface area (Å²) in [6.07, 6.45) is -4.83. The minimum absolute atomic E-state index is 0.173. The number of nitrogens with one attached hydrogen (secondary N) is 1. The van der Waals surface area contributed by atoms with Crippen molar-refractivity contribution in [1.29, 1.82) is 0 Å². The Labute approximate surface area is 110 Å². The molecule has 5 nitrogen and oxygen atoms in total. The van der Waals surface area contributed by atoms with Crippen molar-refractivity contribution < 1.29 is 27.9 Å². The van der Waals surface area contributed by atoms with Gasteiger partial charge < -0.3 is 10.4 Å². The molecule has 2 N–H and O–H groups in total. The maximum atomic E-state index is 12.4. The minimum Gasteiger partial charge on any atom is -0.481 e. The van der Waals surface area contributed by atoms with E-state index in [0.717, 1.165) is 6.07 Å². The van der Waals surface area contributed by atoms with Gasteiger partial charge in [0.1, 0.15) is 5.82 Å². The number of hydrogen-bond donors (Lipinski definition) is 2. The maximum absolute atomic E-state index is 12.4. The molecule has 0 aliphatic rings. The molecule has 9 heteroatoms. The molecular formula is C10H8ClF3N2O3. The number of anilines is 1. The van der Waals surface area contributed by atoms with Crippen LogP contribution in [0.4, 0.5) is 19.0 Å². The minimum atomic E-state index is -4.63. The van der Waals surface area contributed by atoms with Crippen LogP contribution in [0, 0.1) is 0 Å². The third-order valence-corrected chi connectivity index (χ3v) is 2.31. The number of carbonyl (C=O) groups is 2. The molecule has 0 aliphatic heterocycles. The monoisotopic (exact) mass is 296 g/mol. The zero-order chi connectivity index (χ0) is 14.6. The highest BCUT2D eigenvalue weighted by Crippen LogP contribution is 2.34. The summed E-state index contributed by atoms with van der Waals surface area (Å²) in [6, 6.07) is 0.850. The van der Waals surface area contributed by atoms with Crippen molar-refractivity contribution in [3.05, 3.63) is 22.8 Å². The van der Waals surface area contributed by atoms with Crippen molar-refractivity contribution in [2.24, 2.45) is 0 Å². The van der Waals surface area contributed by atoms with Crippen LogP contribution in [-0.4, -0.2) is 22.0 Å². The van der Waals surface area contributed by atoms with Crippen molar-refractivity contribution in [2.45, 2.75) is 19.0 Å². The second-order valence-electron chi connectivity index (χ2n) is 3.49. The van der Waals surface area contributed by atoms with Gasteiger partial charge >= 0.3 is 12.1 Å². The quantitative estimate of drug-likeness (QED) is 0.895. The Morgan fingerprint density at radius 1 is 1.37 bits per heavy atom. The number of halogens is 4. The summed E-state index contributed by atoms with van der Waals surface area (Å²) in [5.41, 5.74) is -1.11. The SMILES string of the molecule is O=C(O)CCC(=O)Nc1cc(Cl)c(C(F)(F)F)cn1. The van der Waals surface area contributed by atoms with Gasteiger partial charge in [-0.3, -0.25) is 9.59 Å². The summed E-state index contributed by atoms with van der Waals surface area (Å²) in [4.78, 5) is 24.8. The topological polar surface area (TPSA) is 79.3 Å². The number of aliphatic carboxylic acids is 1. The fourth-order valence-electron chi connectivity index (χ4n) is 1.13. The number of hydrogen-bond acceptors (Lipinski definition) is 3. The normalized spacial score (nSPS) is 11.2. The van der Waals surface area contributed by atoms with Gasteiger partial charge in [0.25, 0.3) is 0 Å².